The van der Waals surface area contributed by atoms with Crippen LogP contribution >= 0.6 is 0 Å². The van der Waals surface area contributed by atoms with Crippen molar-refractivity contribution >= 4 is 6.09 Å². The van der Waals surface area contributed by atoms with Crippen molar-refractivity contribution in [1.29, 1.82) is 0 Å². The molecule has 4 heteroatoms. The topological polar surface area (TPSA) is 49.8 Å². The van der Waals surface area contributed by atoms with Gasteiger partial charge >= 0.3 is 6.09 Å². The van der Waals surface area contributed by atoms with Gasteiger partial charge in [0.05, 0.1) is 6.10 Å². The lowest BCUT2D eigenvalue weighted by molar-refractivity contribution is 0.00640. The average Bonchev–Trinajstić information content (AvgIpc) is 2.11. The highest BCUT2D eigenvalue weighted by molar-refractivity contribution is 5.68. The predicted octanol–water partition coefficient (Wildman–Crippen LogP) is 1.13. The van der Waals surface area contributed by atoms with Crippen LogP contribution in [0.3, 0.4) is 0 Å². The Bertz CT molecular complexity index is 215. The predicted molar refractivity (Wildman–Crippen MR) is 50.9 cm³/mol. The molecule has 1 amide bonds. The molecule has 1 saturated heterocycles. The number of aliphatic hydroxyl groups excluding tert-OH is 1. The van der Waals surface area contributed by atoms with E-state index in [0.29, 0.717) is 6.54 Å². The summed E-state index contributed by atoms with van der Waals surface area (Å²) in [7, 11) is 0. The zero-order valence-electron chi connectivity index (χ0n) is 8.32. The summed E-state index contributed by atoms with van der Waals surface area (Å²) in [6.07, 6.45) is 4.38. The van der Waals surface area contributed by atoms with Crippen LogP contribution in [0.15, 0.2) is 0 Å². The highest BCUT2D eigenvalue weighted by Gasteiger charge is 2.27. The minimum atomic E-state index is -0.363. The largest absolute Gasteiger partial charge is 0.446 e. The summed E-state index contributed by atoms with van der Waals surface area (Å²) in [5.41, 5.74) is 0. The molecule has 0 bridgehead atoms. The Balaban J connectivity index is 1.77. The molecule has 0 spiro atoms. The lowest BCUT2D eigenvalue weighted by Gasteiger charge is -2.33. The summed E-state index contributed by atoms with van der Waals surface area (Å²) in [4.78, 5) is 13.2. The van der Waals surface area contributed by atoms with Crippen LogP contribution in [0.25, 0.3) is 0 Å². The number of hydrogen-bond acceptors (Lipinski definition) is 3. The highest BCUT2D eigenvalue weighted by atomic mass is 16.6. The minimum Gasteiger partial charge on any atom is -0.446 e. The number of piperidine rings is 1. The average molecular weight is 199 g/mol. The fourth-order valence-electron chi connectivity index (χ4n) is 1.83. The summed E-state index contributed by atoms with van der Waals surface area (Å²) < 4.78 is 5.25. The van der Waals surface area contributed by atoms with Crippen molar-refractivity contribution < 1.29 is 14.6 Å². The Hall–Kier alpha value is -0.770. The number of aliphatic hydroxyl groups is 1. The lowest BCUT2D eigenvalue weighted by Crippen LogP contribution is -2.44. The van der Waals surface area contributed by atoms with Gasteiger partial charge in [-0.3, -0.25) is 0 Å². The summed E-state index contributed by atoms with van der Waals surface area (Å²) >= 11 is 0. The van der Waals surface area contributed by atoms with Gasteiger partial charge in [0.25, 0.3) is 0 Å². The summed E-state index contributed by atoms with van der Waals surface area (Å²) in [5, 5.41) is 9.38. The summed E-state index contributed by atoms with van der Waals surface area (Å²) in [6.45, 7) is 1.16. The van der Waals surface area contributed by atoms with Crippen molar-refractivity contribution in [3.63, 3.8) is 0 Å². The van der Waals surface area contributed by atoms with Crippen molar-refractivity contribution in [2.24, 2.45) is 0 Å². The van der Waals surface area contributed by atoms with Crippen molar-refractivity contribution in [3.8, 4) is 0 Å². The van der Waals surface area contributed by atoms with E-state index >= 15 is 0 Å². The molecule has 4 nitrogen and oxygen atoms in total. The van der Waals surface area contributed by atoms with Crippen LogP contribution in [0.4, 0.5) is 4.79 Å². The van der Waals surface area contributed by atoms with E-state index in [9.17, 15) is 9.90 Å². The van der Waals surface area contributed by atoms with Gasteiger partial charge in [-0.05, 0) is 32.1 Å². The third-order valence-electron chi connectivity index (χ3n) is 2.97. The number of nitrogens with zero attached hydrogens (tertiary/aromatic N) is 1. The van der Waals surface area contributed by atoms with Crippen LogP contribution in [0.1, 0.15) is 32.1 Å². The Morgan fingerprint density at radius 1 is 1.29 bits per heavy atom. The second kappa shape index (κ2) is 4.17. The zero-order valence-corrected chi connectivity index (χ0v) is 8.32. The molecule has 14 heavy (non-hydrogen) atoms. The molecule has 1 heterocycles. The minimum absolute atomic E-state index is 0.140. The molecule has 2 rings (SSSR count). The molecule has 2 fully saturated rings. The van der Waals surface area contributed by atoms with Gasteiger partial charge in [-0.1, -0.05) is 0 Å². The molecule has 1 saturated carbocycles. The summed E-state index contributed by atoms with van der Waals surface area (Å²) in [5.74, 6) is 0. The van der Waals surface area contributed by atoms with Crippen molar-refractivity contribution in [2.75, 3.05) is 13.1 Å². The van der Waals surface area contributed by atoms with Gasteiger partial charge in [-0.2, -0.15) is 0 Å². The first-order valence-corrected chi connectivity index (χ1v) is 5.39. The fourth-order valence-corrected chi connectivity index (χ4v) is 1.83. The number of carbonyl (C=O) groups is 1. The molecular formula is C10H17NO3. The quantitative estimate of drug-likeness (QED) is 0.688. The molecule has 80 valence electrons. The van der Waals surface area contributed by atoms with E-state index in [-0.39, 0.29) is 18.3 Å². The second-order valence-corrected chi connectivity index (χ2v) is 4.18. The lowest BCUT2D eigenvalue weighted by atomic mass is 9.96. The molecule has 0 aromatic rings. The maximum Gasteiger partial charge on any atom is 0.410 e. The molecule has 0 radical (unpaired) electrons. The van der Waals surface area contributed by atoms with Crippen LogP contribution in [0.2, 0.25) is 0 Å². The highest BCUT2D eigenvalue weighted by Crippen LogP contribution is 2.23. The SMILES string of the molecule is O=C(OC1CCC1)N1CCCC(O)C1. The van der Waals surface area contributed by atoms with Gasteiger partial charge < -0.3 is 14.7 Å². The van der Waals surface area contributed by atoms with Gasteiger partial charge in [0.1, 0.15) is 6.10 Å². The molecule has 1 N–H and O–H groups in total. The first-order chi connectivity index (χ1) is 6.75. The number of hydrogen-bond donors (Lipinski definition) is 1. The number of amides is 1. The van der Waals surface area contributed by atoms with Gasteiger partial charge in [0, 0.05) is 13.1 Å². The number of rotatable bonds is 1. The maximum atomic E-state index is 11.5. The van der Waals surface area contributed by atoms with E-state index in [1.54, 1.807) is 4.90 Å². The van der Waals surface area contributed by atoms with E-state index in [4.69, 9.17) is 4.74 Å². The van der Waals surface area contributed by atoms with Crippen LogP contribution in [0, 0.1) is 0 Å². The first-order valence-electron chi connectivity index (χ1n) is 5.39. The van der Waals surface area contributed by atoms with Crippen LogP contribution in [0.5, 0.6) is 0 Å². The number of carbonyl (C=O) groups excluding carboxylic acids is 1. The fraction of sp³-hybridized carbons (Fsp3) is 0.900. The standard InChI is InChI=1S/C10H17NO3/c12-8-3-2-6-11(7-8)10(13)14-9-4-1-5-9/h8-9,12H,1-7H2. The Morgan fingerprint density at radius 3 is 2.64 bits per heavy atom. The van der Waals surface area contributed by atoms with E-state index in [2.05, 4.69) is 0 Å². The van der Waals surface area contributed by atoms with E-state index < -0.39 is 0 Å². The third-order valence-corrected chi connectivity index (χ3v) is 2.97. The zero-order chi connectivity index (χ0) is 9.97. The Morgan fingerprint density at radius 2 is 2.07 bits per heavy atom. The molecule has 0 aromatic heterocycles. The monoisotopic (exact) mass is 199 g/mol. The Labute approximate surface area is 83.8 Å². The van der Waals surface area contributed by atoms with Gasteiger partial charge in [-0.15, -0.1) is 0 Å². The molecule has 1 atom stereocenters. The van der Waals surface area contributed by atoms with Gasteiger partial charge in [0.2, 0.25) is 0 Å². The van der Waals surface area contributed by atoms with E-state index in [0.717, 1.165) is 32.2 Å². The number of ether oxygens (including phenoxy) is 1. The third kappa shape index (κ3) is 2.18. The Kier molecular flexibility index (Phi) is 2.91. The van der Waals surface area contributed by atoms with Crippen LogP contribution in [-0.2, 0) is 4.74 Å². The molecule has 2 aliphatic rings. The second-order valence-electron chi connectivity index (χ2n) is 4.18. The van der Waals surface area contributed by atoms with E-state index in [1.807, 2.05) is 0 Å². The van der Waals surface area contributed by atoms with Crippen LogP contribution < -0.4 is 0 Å². The van der Waals surface area contributed by atoms with Crippen molar-refractivity contribution in [1.82, 2.24) is 4.90 Å². The summed E-state index contributed by atoms with van der Waals surface area (Å²) in [6, 6.07) is 0. The number of likely N-dealkylation sites (tertiary alicyclic amines) is 1. The van der Waals surface area contributed by atoms with Gasteiger partial charge in [-0.25, -0.2) is 4.79 Å². The number of β-amino-alcohol motifs (C(OH)–C–C–N with tert-alkyl or cyclic N) is 1. The van der Waals surface area contributed by atoms with Crippen molar-refractivity contribution in [2.45, 2.75) is 44.3 Å². The van der Waals surface area contributed by atoms with E-state index in [1.165, 1.54) is 6.42 Å². The maximum absolute atomic E-state index is 11.5. The molecule has 1 unspecified atom stereocenters. The molecular weight excluding hydrogens is 182 g/mol. The molecule has 1 aliphatic carbocycles. The first kappa shape index (κ1) is 9.77. The molecule has 1 aliphatic heterocycles. The molecule has 0 aromatic carbocycles. The van der Waals surface area contributed by atoms with Crippen LogP contribution in [-0.4, -0.2) is 41.4 Å². The smallest absolute Gasteiger partial charge is 0.410 e. The normalized spacial score (nSPS) is 28.4. The van der Waals surface area contributed by atoms with Gasteiger partial charge in [0.15, 0.2) is 0 Å². The van der Waals surface area contributed by atoms with Crippen molar-refractivity contribution in [3.05, 3.63) is 0 Å².